The van der Waals surface area contributed by atoms with Crippen molar-refractivity contribution in [3.05, 3.63) is 24.3 Å². The molecule has 4 heterocycles. The van der Waals surface area contributed by atoms with Crippen LogP contribution in [0.2, 0.25) is 0 Å². The van der Waals surface area contributed by atoms with Crippen LogP contribution in [0.1, 0.15) is 20.3 Å². The molecule has 1 spiro atoms. The lowest BCUT2D eigenvalue weighted by atomic mass is 9.47. The minimum absolute atomic E-state index is 0.0379. The number of rotatable bonds is 1. The van der Waals surface area contributed by atoms with Crippen LogP contribution in [0.3, 0.4) is 0 Å². The monoisotopic (exact) mass is 330 g/mol. The summed E-state index contributed by atoms with van der Waals surface area (Å²) in [5.74, 6) is -0.632. The number of hydrogen-bond acceptors (Lipinski definition) is 6. The highest BCUT2D eigenvalue weighted by Gasteiger charge is 2.86. The first-order chi connectivity index (χ1) is 11.4. The van der Waals surface area contributed by atoms with Gasteiger partial charge in [-0.25, -0.2) is 4.79 Å². The molecule has 5 fully saturated rings. The quantitative estimate of drug-likeness (QED) is 0.404. The number of esters is 2. The van der Waals surface area contributed by atoms with E-state index in [9.17, 15) is 9.59 Å². The van der Waals surface area contributed by atoms with Crippen molar-refractivity contribution in [2.45, 2.75) is 56.4 Å². The maximum atomic E-state index is 12.7. The summed E-state index contributed by atoms with van der Waals surface area (Å²) in [4.78, 5) is 24.9. The van der Waals surface area contributed by atoms with Crippen molar-refractivity contribution >= 4 is 11.9 Å². The van der Waals surface area contributed by atoms with Gasteiger partial charge in [0.1, 0.15) is 23.7 Å². The van der Waals surface area contributed by atoms with Gasteiger partial charge in [-0.05, 0) is 25.0 Å². The molecule has 9 atom stereocenters. The number of epoxide rings is 2. The summed E-state index contributed by atoms with van der Waals surface area (Å²) in [6, 6.07) is 0. The van der Waals surface area contributed by atoms with E-state index < -0.39 is 22.5 Å². The van der Waals surface area contributed by atoms with Crippen LogP contribution in [0, 0.1) is 16.7 Å². The molecule has 9 unspecified atom stereocenters. The van der Waals surface area contributed by atoms with Crippen molar-refractivity contribution in [2.24, 2.45) is 16.7 Å². The van der Waals surface area contributed by atoms with E-state index in [0.29, 0.717) is 0 Å². The summed E-state index contributed by atoms with van der Waals surface area (Å²) < 4.78 is 23.2. The molecule has 0 amide bonds. The van der Waals surface area contributed by atoms with Gasteiger partial charge in [0.15, 0.2) is 11.7 Å². The molecule has 3 saturated heterocycles. The maximum absolute atomic E-state index is 12.7. The zero-order valence-electron chi connectivity index (χ0n) is 13.5. The summed E-state index contributed by atoms with van der Waals surface area (Å²) in [6.45, 7) is 7.87. The molecule has 6 heteroatoms. The predicted octanol–water partition coefficient (Wildman–Crippen LogP) is 0.901. The second-order valence-corrected chi connectivity index (χ2v) is 8.33. The van der Waals surface area contributed by atoms with Gasteiger partial charge in [-0.3, -0.25) is 4.79 Å². The smallest absolute Gasteiger partial charge is 0.331 e. The molecule has 0 aromatic rings. The van der Waals surface area contributed by atoms with Crippen molar-refractivity contribution in [1.29, 1.82) is 0 Å². The lowest BCUT2D eigenvalue weighted by Crippen LogP contribution is -2.61. The molecule has 2 saturated carbocycles. The molecule has 2 aliphatic carbocycles. The van der Waals surface area contributed by atoms with Gasteiger partial charge in [-0.15, -0.1) is 0 Å². The molecule has 126 valence electrons. The number of carbonyl (C=O) groups is 2. The third kappa shape index (κ3) is 1.12. The van der Waals surface area contributed by atoms with E-state index in [0.717, 1.165) is 12.0 Å². The first-order valence-corrected chi connectivity index (χ1v) is 8.47. The largest absolute Gasteiger partial charge is 0.459 e. The topological polar surface area (TPSA) is 77.7 Å². The summed E-state index contributed by atoms with van der Waals surface area (Å²) in [5, 5.41) is 0. The van der Waals surface area contributed by atoms with Crippen molar-refractivity contribution < 1.29 is 28.5 Å². The molecule has 4 aliphatic heterocycles. The van der Waals surface area contributed by atoms with Crippen LogP contribution in [0.15, 0.2) is 24.3 Å². The standard InChI is InChI=1S/C18H18O6/c1-4-9-18-8(5-10(19)22-9)16(2)6-7-13(21-7)17(3)12(16)11(14(18)24-18)23-15(17)20/h4-5,7,9,11-14H,1,6H2,2-3H3. The van der Waals surface area contributed by atoms with Crippen LogP contribution in [0.25, 0.3) is 0 Å². The van der Waals surface area contributed by atoms with Crippen LogP contribution in [0.5, 0.6) is 0 Å². The number of hydrogen-bond donors (Lipinski definition) is 0. The van der Waals surface area contributed by atoms with Crippen molar-refractivity contribution in [3.63, 3.8) is 0 Å². The molecular formula is C18H18O6. The fourth-order valence-corrected chi connectivity index (χ4v) is 6.39. The Hall–Kier alpha value is -1.66. The third-order valence-corrected chi connectivity index (χ3v) is 7.31. The highest BCUT2D eigenvalue weighted by Crippen LogP contribution is 2.75. The van der Waals surface area contributed by atoms with Gasteiger partial charge in [-0.1, -0.05) is 13.5 Å². The average molecular weight is 330 g/mol. The molecule has 6 nitrogen and oxygen atoms in total. The molecule has 0 aromatic carbocycles. The maximum Gasteiger partial charge on any atom is 0.331 e. The van der Waals surface area contributed by atoms with Crippen LogP contribution >= 0.6 is 0 Å². The normalized spacial score (nSPS) is 61.3. The first kappa shape index (κ1) is 13.6. The molecular weight excluding hydrogens is 312 g/mol. The molecule has 24 heavy (non-hydrogen) atoms. The number of carbonyl (C=O) groups excluding carboxylic acids is 2. The fourth-order valence-electron chi connectivity index (χ4n) is 6.39. The van der Waals surface area contributed by atoms with Crippen LogP contribution in [-0.2, 0) is 28.5 Å². The van der Waals surface area contributed by atoms with E-state index in [1.165, 1.54) is 0 Å². The van der Waals surface area contributed by atoms with Gasteiger partial charge in [0, 0.05) is 17.4 Å². The highest BCUT2D eigenvalue weighted by molar-refractivity contribution is 5.88. The summed E-state index contributed by atoms with van der Waals surface area (Å²) in [5.41, 5.74) is -0.858. The van der Waals surface area contributed by atoms with E-state index in [2.05, 4.69) is 13.5 Å². The summed E-state index contributed by atoms with van der Waals surface area (Å²) >= 11 is 0. The average Bonchev–Trinajstić information content (AvgIpc) is 3.42. The summed E-state index contributed by atoms with van der Waals surface area (Å²) in [7, 11) is 0. The Morgan fingerprint density at radius 3 is 2.79 bits per heavy atom. The number of ether oxygens (including phenoxy) is 4. The van der Waals surface area contributed by atoms with Gasteiger partial charge in [-0.2, -0.15) is 0 Å². The minimum atomic E-state index is -0.723. The first-order valence-electron chi connectivity index (χ1n) is 8.47. The zero-order valence-corrected chi connectivity index (χ0v) is 13.5. The number of fused-ring (bicyclic) bond motifs is 4. The molecule has 0 aromatic heterocycles. The molecule has 0 N–H and O–H groups in total. The van der Waals surface area contributed by atoms with Gasteiger partial charge in [0.05, 0.1) is 6.10 Å². The van der Waals surface area contributed by atoms with Crippen molar-refractivity contribution in [1.82, 2.24) is 0 Å². The van der Waals surface area contributed by atoms with Crippen LogP contribution in [-0.4, -0.2) is 48.1 Å². The Balaban J connectivity index is 1.61. The molecule has 6 aliphatic rings. The van der Waals surface area contributed by atoms with Gasteiger partial charge in [0.25, 0.3) is 0 Å². The van der Waals surface area contributed by atoms with Crippen molar-refractivity contribution in [3.8, 4) is 0 Å². The summed E-state index contributed by atoms with van der Waals surface area (Å²) in [6.07, 6.45) is 2.77. The molecule has 6 rings (SSSR count). The molecule has 0 radical (unpaired) electrons. The fraction of sp³-hybridized carbons (Fsp3) is 0.667. The van der Waals surface area contributed by atoms with Crippen LogP contribution in [0.4, 0.5) is 0 Å². The SMILES string of the molecule is C=CC1OC(=O)C=C2C3(C)CC4OC4C4(C)C(=O)OC(C34)C3OC213. The van der Waals surface area contributed by atoms with E-state index in [1.54, 1.807) is 12.2 Å². The number of cyclic esters (lactones) is 1. The third-order valence-electron chi connectivity index (χ3n) is 7.31. The van der Waals surface area contributed by atoms with Gasteiger partial charge < -0.3 is 18.9 Å². The van der Waals surface area contributed by atoms with E-state index in [1.807, 2.05) is 6.92 Å². The lowest BCUT2D eigenvalue weighted by molar-refractivity contribution is -0.149. The molecule has 0 bridgehead atoms. The van der Waals surface area contributed by atoms with Gasteiger partial charge >= 0.3 is 11.9 Å². The second kappa shape index (κ2) is 3.48. The zero-order chi connectivity index (χ0) is 16.6. The predicted molar refractivity (Wildman–Crippen MR) is 78.6 cm³/mol. The van der Waals surface area contributed by atoms with Crippen LogP contribution < -0.4 is 0 Å². The Kier molecular flexibility index (Phi) is 1.98. The van der Waals surface area contributed by atoms with Gasteiger partial charge in [0.2, 0.25) is 0 Å². The Morgan fingerprint density at radius 1 is 1.25 bits per heavy atom. The second-order valence-electron chi connectivity index (χ2n) is 8.33. The Labute approximate surface area is 138 Å². The minimum Gasteiger partial charge on any atom is -0.459 e. The van der Waals surface area contributed by atoms with E-state index >= 15 is 0 Å². The van der Waals surface area contributed by atoms with Crippen molar-refractivity contribution in [2.75, 3.05) is 0 Å². The Bertz CT molecular complexity index is 771. The van der Waals surface area contributed by atoms with E-state index in [4.69, 9.17) is 18.9 Å². The highest BCUT2D eigenvalue weighted by atomic mass is 16.7. The lowest BCUT2D eigenvalue weighted by Gasteiger charge is -2.52. The Morgan fingerprint density at radius 2 is 2.04 bits per heavy atom. The van der Waals surface area contributed by atoms with E-state index in [-0.39, 0.29) is 42.3 Å².